The monoisotopic (exact) mass is 328 g/mol. The number of fused-ring (bicyclic) bond motifs is 4. The van der Waals surface area contributed by atoms with Crippen LogP contribution in [-0.2, 0) is 21.4 Å². The van der Waals surface area contributed by atoms with Gasteiger partial charge in [-0.25, -0.2) is 4.79 Å². The first kappa shape index (κ1) is 15.7. The molecule has 1 aromatic carbocycles. The van der Waals surface area contributed by atoms with Crippen molar-refractivity contribution in [1.82, 2.24) is 0 Å². The Morgan fingerprint density at radius 1 is 1.38 bits per heavy atom. The highest BCUT2D eigenvalue weighted by molar-refractivity contribution is 5.92. The topological polar surface area (TPSA) is 66.8 Å². The Morgan fingerprint density at radius 3 is 2.92 bits per heavy atom. The molecule has 0 saturated carbocycles. The van der Waals surface area contributed by atoms with Gasteiger partial charge in [-0.2, -0.15) is 0 Å². The summed E-state index contributed by atoms with van der Waals surface area (Å²) < 4.78 is 5.28. The molecule has 0 fully saturated rings. The first-order chi connectivity index (χ1) is 11.5. The molecule has 4 nitrogen and oxygen atoms in total. The third-order valence-electron chi connectivity index (χ3n) is 6.49. The number of hydrogen-bond acceptors (Lipinski definition) is 4. The number of esters is 1. The third kappa shape index (κ3) is 1.99. The predicted octanol–water partition coefficient (Wildman–Crippen LogP) is 2.96. The van der Waals surface area contributed by atoms with E-state index in [-0.39, 0.29) is 23.9 Å². The molecule has 1 aromatic rings. The first-order valence-electron chi connectivity index (χ1n) is 8.82. The van der Waals surface area contributed by atoms with E-state index in [4.69, 9.17) is 4.74 Å². The summed E-state index contributed by atoms with van der Waals surface area (Å²) in [7, 11) is 0. The summed E-state index contributed by atoms with van der Waals surface area (Å²) in [5.74, 6) is 0.475. The quantitative estimate of drug-likeness (QED) is 0.819. The average molecular weight is 328 g/mol. The minimum absolute atomic E-state index is 0.0297. The zero-order chi connectivity index (χ0) is 17.1. The molecular formula is C20H24O4. The Labute approximate surface area is 142 Å². The Balaban J connectivity index is 1.81. The predicted molar refractivity (Wildman–Crippen MR) is 90.0 cm³/mol. The van der Waals surface area contributed by atoms with Crippen LogP contribution in [0.25, 0.3) is 0 Å². The summed E-state index contributed by atoms with van der Waals surface area (Å²) in [4.78, 5) is 11.9. The van der Waals surface area contributed by atoms with Gasteiger partial charge in [-0.05, 0) is 59.3 Å². The number of hydrogen-bond donors (Lipinski definition) is 2. The van der Waals surface area contributed by atoms with Crippen LogP contribution in [0.3, 0.4) is 0 Å². The van der Waals surface area contributed by atoms with Crippen molar-refractivity contribution >= 4 is 5.97 Å². The maximum atomic E-state index is 11.9. The lowest BCUT2D eigenvalue weighted by Gasteiger charge is -2.46. The number of benzene rings is 1. The fourth-order valence-corrected chi connectivity index (χ4v) is 5.01. The molecule has 0 saturated heterocycles. The number of phenolic OH excluding ortho intramolecular Hbond substituents is 1. The minimum atomic E-state index is -0.132. The van der Waals surface area contributed by atoms with E-state index in [0.717, 1.165) is 42.4 Å². The van der Waals surface area contributed by atoms with Crippen LogP contribution in [0.5, 0.6) is 5.75 Å². The molecule has 2 N–H and O–H groups in total. The van der Waals surface area contributed by atoms with Gasteiger partial charge in [-0.15, -0.1) is 0 Å². The second-order valence-corrected chi connectivity index (χ2v) is 7.70. The number of carbonyl (C=O) groups excluding carboxylic acids is 1. The fraction of sp³-hybridized carbons (Fsp3) is 0.550. The van der Waals surface area contributed by atoms with Crippen LogP contribution < -0.4 is 0 Å². The van der Waals surface area contributed by atoms with Gasteiger partial charge in [0.2, 0.25) is 0 Å². The SMILES string of the molecule is C[C@@H](CO)c1ccc2c(c1O)CC[C@H]1C3=C(CC[C@]21C)C(=O)OC3. The highest BCUT2D eigenvalue weighted by Crippen LogP contribution is 2.55. The number of aliphatic hydroxyl groups is 1. The largest absolute Gasteiger partial charge is 0.507 e. The lowest BCUT2D eigenvalue weighted by Crippen LogP contribution is -2.41. The molecule has 0 bridgehead atoms. The molecule has 128 valence electrons. The van der Waals surface area contributed by atoms with Gasteiger partial charge in [-0.3, -0.25) is 0 Å². The van der Waals surface area contributed by atoms with Crippen LogP contribution in [0.15, 0.2) is 23.3 Å². The van der Waals surface area contributed by atoms with E-state index in [1.165, 1.54) is 11.1 Å². The van der Waals surface area contributed by atoms with Gasteiger partial charge in [0.1, 0.15) is 12.4 Å². The second-order valence-electron chi connectivity index (χ2n) is 7.70. The molecule has 4 heteroatoms. The summed E-state index contributed by atoms with van der Waals surface area (Å²) >= 11 is 0. The Hall–Kier alpha value is -1.81. The molecule has 0 radical (unpaired) electrons. The zero-order valence-corrected chi connectivity index (χ0v) is 14.3. The molecule has 2 aliphatic carbocycles. The summed E-state index contributed by atoms with van der Waals surface area (Å²) in [6.45, 7) is 4.65. The summed E-state index contributed by atoms with van der Waals surface area (Å²) in [6, 6.07) is 4.09. The van der Waals surface area contributed by atoms with Crippen LogP contribution in [0, 0.1) is 5.92 Å². The molecule has 4 rings (SSSR count). The maximum absolute atomic E-state index is 11.9. The van der Waals surface area contributed by atoms with Gasteiger partial charge in [0.05, 0.1) is 0 Å². The highest BCUT2D eigenvalue weighted by Gasteiger charge is 2.49. The minimum Gasteiger partial charge on any atom is -0.507 e. The molecule has 1 aliphatic heterocycles. The number of aliphatic hydroxyl groups excluding tert-OH is 1. The molecule has 24 heavy (non-hydrogen) atoms. The van der Waals surface area contributed by atoms with Crippen molar-refractivity contribution < 1.29 is 19.7 Å². The van der Waals surface area contributed by atoms with Gasteiger partial charge in [0, 0.05) is 18.1 Å². The zero-order valence-electron chi connectivity index (χ0n) is 14.3. The van der Waals surface area contributed by atoms with Crippen LogP contribution in [0.1, 0.15) is 55.7 Å². The smallest absolute Gasteiger partial charge is 0.334 e. The van der Waals surface area contributed by atoms with Crippen molar-refractivity contribution in [2.75, 3.05) is 13.2 Å². The molecule has 0 amide bonds. The lowest BCUT2D eigenvalue weighted by molar-refractivity contribution is -0.136. The van der Waals surface area contributed by atoms with Gasteiger partial charge in [0.25, 0.3) is 0 Å². The van der Waals surface area contributed by atoms with Crippen LogP contribution in [0.4, 0.5) is 0 Å². The number of phenols is 1. The normalized spacial score (nSPS) is 29.6. The van der Waals surface area contributed by atoms with E-state index < -0.39 is 0 Å². The van der Waals surface area contributed by atoms with Crippen molar-refractivity contribution in [3.05, 3.63) is 40.0 Å². The van der Waals surface area contributed by atoms with E-state index >= 15 is 0 Å². The average Bonchev–Trinajstić information content (AvgIpc) is 2.95. The molecule has 0 unspecified atom stereocenters. The van der Waals surface area contributed by atoms with E-state index in [0.29, 0.717) is 18.3 Å². The highest BCUT2D eigenvalue weighted by atomic mass is 16.5. The summed E-state index contributed by atoms with van der Waals surface area (Å²) in [6.07, 6.45) is 3.41. The molecule has 3 aliphatic rings. The number of rotatable bonds is 2. The van der Waals surface area contributed by atoms with Crippen molar-refractivity contribution in [2.24, 2.45) is 5.92 Å². The molecule has 0 aromatic heterocycles. The summed E-state index contributed by atoms with van der Waals surface area (Å²) in [5, 5.41) is 20.2. The van der Waals surface area contributed by atoms with E-state index in [2.05, 4.69) is 13.0 Å². The number of carbonyl (C=O) groups is 1. The Morgan fingerprint density at radius 2 is 2.17 bits per heavy atom. The second kappa shape index (κ2) is 5.35. The first-order valence-corrected chi connectivity index (χ1v) is 8.82. The van der Waals surface area contributed by atoms with Crippen LogP contribution >= 0.6 is 0 Å². The lowest BCUT2D eigenvalue weighted by atomic mass is 9.56. The number of ether oxygens (including phenoxy) is 1. The van der Waals surface area contributed by atoms with Crippen LogP contribution in [-0.4, -0.2) is 29.4 Å². The van der Waals surface area contributed by atoms with Crippen LogP contribution in [0.2, 0.25) is 0 Å². The van der Waals surface area contributed by atoms with Gasteiger partial charge in [0.15, 0.2) is 0 Å². The van der Waals surface area contributed by atoms with Gasteiger partial charge in [-0.1, -0.05) is 26.0 Å². The molecular weight excluding hydrogens is 304 g/mol. The number of cyclic esters (lactones) is 1. The van der Waals surface area contributed by atoms with Gasteiger partial charge < -0.3 is 14.9 Å². The molecule has 3 atom stereocenters. The van der Waals surface area contributed by atoms with E-state index in [1.807, 2.05) is 13.0 Å². The van der Waals surface area contributed by atoms with Crippen molar-refractivity contribution in [1.29, 1.82) is 0 Å². The third-order valence-corrected chi connectivity index (χ3v) is 6.49. The van der Waals surface area contributed by atoms with Crippen molar-refractivity contribution in [3.8, 4) is 5.75 Å². The van der Waals surface area contributed by atoms with Gasteiger partial charge >= 0.3 is 5.97 Å². The van der Waals surface area contributed by atoms with Crippen molar-refractivity contribution in [2.45, 2.75) is 50.9 Å². The standard InChI is InChI=1S/C20H24O4/c1-11(9-21)12-3-5-16-14(18(12)22)4-6-17-15-10-24-19(23)13(15)7-8-20(16,17)2/h3,5,11,17,21-22H,4,6-10H2,1-2H3/t11-,17-,20+/m0/s1. The van der Waals surface area contributed by atoms with Crippen molar-refractivity contribution in [3.63, 3.8) is 0 Å². The molecule has 0 spiro atoms. The molecule has 1 heterocycles. The number of aromatic hydroxyl groups is 1. The maximum Gasteiger partial charge on any atom is 0.334 e. The Bertz CT molecular complexity index is 748. The Kier molecular flexibility index (Phi) is 3.50. The van der Waals surface area contributed by atoms with E-state index in [9.17, 15) is 15.0 Å². The fourth-order valence-electron chi connectivity index (χ4n) is 5.01. The van der Waals surface area contributed by atoms with E-state index in [1.54, 1.807) is 0 Å². The summed E-state index contributed by atoms with van der Waals surface area (Å²) in [5.41, 5.74) is 5.09.